The molecule has 108 valence electrons. The van der Waals surface area contributed by atoms with E-state index in [-0.39, 0.29) is 16.3 Å². The minimum Gasteiger partial charge on any atom is -0.504 e. The third-order valence-electron chi connectivity index (χ3n) is 3.07. The van der Waals surface area contributed by atoms with Crippen LogP contribution in [0.4, 0.5) is 5.69 Å². The van der Waals surface area contributed by atoms with Gasteiger partial charge < -0.3 is 20.8 Å². The highest BCUT2D eigenvalue weighted by molar-refractivity contribution is 7.80. The molecule has 0 aliphatic rings. The maximum absolute atomic E-state index is 12.4. The number of phenols is 2. The van der Waals surface area contributed by atoms with E-state index in [1.54, 1.807) is 31.3 Å². The predicted molar refractivity (Wildman–Crippen MR) is 84.8 cm³/mol. The highest BCUT2D eigenvalue weighted by Gasteiger charge is 2.19. The van der Waals surface area contributed by atoms with E-state index in [1.807, 2.05) is 0 Å². The number of carbonyl (C=O) groups excluding carboxylic acids is 1. The lowest BCUT2D eigenvalue weighted by atomic mass is 10.1. The predicted octanol–water partition coefficient (Wildman–Crippen LogP) is 2.01. The fourth-order valence-corrected chi connectivity index (χ4v) is 2.00. The molecule has 1 amide bonds. The second-order valence-corrected chi connectivity index (χ2v) is 4.89. The van der Waals surface area contributed by atoms with E-state index in [0.717, 1.165) is 0 Å². The fourth-order valence-electron chi connectivity index (χ4n) is 1.87. The second-order valence-electron chi connectivity index (χ2n) is 4.45. The molecule has 0 atom stereocenters. The molecule has 4 N–H and O–H groups in total. The summed E-state index contributed by atoms with van der Waals surface area (Å²) < 4.78 is 0. The Morgan fingerprint density at radius 3 is 2.52 bits per heavy atom. The molecule has 21 heavy (non-hydrogen) atoms. The maximum Gasteiger partial charge on any atom is 0.261 e. The smallest absolute Gasteiger partial charge is 0.261 e. The molecule has 6 heteroatoms. The van der Waals surface area contributed by atoms with Crippen LogP contribution in [0, 0.1) is 0 Å². The SMILES string of the molecule is CN(C(=O)c1cccc(O)c1O)c1cccc(C(N)=S)c1. The molecular formula is C15H14N2O3S. The van der Waals surface area contributed by atoms with Gasteiger partial charge in [-0.25, -0.2) is 0 Å². The van der Waals surface area contributed by atoms with Crippen LogP contribution >= 0.6 is 12.2 Å². The highest BCUT2D eigenvalue weighted by atomic mass is 32.1. The molecule has 2 rings (SSSR count). The number of amides is 1. The summed E-state index contributed by atoms with van der Waals surface area (Å²) in [6, 6.07) is 11.1. The number of anilines is 1. The Balaban J connectivity index is 2.37. The molecule has 2 aromatic rings. The molecule has 0 aliphatic carbocycles. The summed E-state index contributed by atoms with van der Waals surface area (Å²) in [4.78, 5) is 14.0. The molecule has 0 saturated carbocycles. The van der Waals surface area contributed by atoms with E-state index in [2.05, 4.69) is 0 Å². The first-order chi connectivity index (χ1) is 9.91. The third kappa shape index (κ3) is 2.95. The van der Waals surface area contributed by atoms with Crippen LogP contribution in [0.1, 0.15) is 15.9 Å². The minimum absolute atomic E-state index is 0.0122. The number of aromatic hydroxyl groups is 2. The number of hydrogen-bond acceptors (Lipinski definition) is 4. The van der Waals surface area contributed by atoms with Crippen LogP contribution in [0.25, 0.3) is 0 Å². The van der Waals surface area contributed by atoms with Crippen LogP contribution in [-0.4, -0.2) is 28.2 Å². The van der Waals surface area contributed by atoms with Crippen LogP contribution in [0.3, 0.4) is 0 Å². The van der Waals surface area contributed by atoms with Gasteiger partial charge >= 0.3 is 0 Å². The molecule has 5 nitrogen and oxygen atoms in total. The summed E-state index contributed by atoms with van der Waals surface area (Å²) >= 11 is 4.91. The number of phenolic OH excluding ortho intramolecular Hbond substituents is 2. The van der Waals surface area contributed by atoms with E-state index in [4.69, 9.17) is 18.0 Å². The van der Waals surface area contributed by atoms with E-state index < -0.39 is 11.7 Å². The number of carbonyl (C=O) groups is 1. The molecule has 0 spiro atoms. The molecule has 0 aliphatic heterocycles. The summed E-state index contributed by atoms with van der Waals surface area (Å²) in [5, 5.41) is 19.2. The van der Waals surface area contributed by atoms with Crippen LogP contribution < -0.4 is 10.6 Å². The minimum atomic E-state index is -0.455. The van der Waals surface area contributed by atoms with Gasteiger partial charge in [-0.2, -0.15) is 0 Å². The van der Waals surface area contributed by atoms with Gasteiger partial charge in [0.15, 0.2) is 11.5 Å². The van der Waals surface area contributed by atoms with Crippen molar-refractivity contribution in [2.45, 2.75) is 0 Å². The quantitative estimate of drug-likeness (QED) is 0.596. The lowest BCUT2D eigenvalue weighted by molar-refractivity contribution is 0.0990. The summed E-state index contributed by atoms with van der Waals surface area (Å²) in [6.07, 6.45) is 0. The van der Waals surface area contributed by atoms with Gasteiger partial charge in [-0.3, -0.25) is 4.79 Å². The van der Waals surface area contributed by atoms with Crippen molar-refractivity contribution in [3.05, 3.63) is 53.6 Å². The van der Waals surface area contributed by atoms with Gasteiger partial charge in [-0.1, -0.05) is 30.4 Å². The molecular weight excluding hydrogens is 288 g/mol. The van der Waals surface area contributed by atoms with Crippen molar-refractivity contribution in [3.8, 4) is 11.5 Å². The van der Waals surface area contributed by atoms with Crippen molar-refractivity contribution in [2.24, 2.45) is 5.73 Å². The molecule has 0 heterocycles. The number of para-hydroxylation sites is 1. The summed E-state index contributed by atoms with van der Waals surface area (Å²) in [5.74, 6) is -1.24. The normalized spacial score (nSPS) is 10.1. The molecule has 0 bridgehead atoms. The van der Waals surface area contributed by atoms with Gasteiger partial charge in [0.05, 0.1) is 5.56 Å². The van der Waals surface area contributed by atoms with Crippen molar-refractivity contribution in [3.63, 3.8) is 0 Å². The van der Waals surface area contributed by atoms with E-state index in [9.17, 15) is 15.0 Å². The Morgan fingerprint density at radius 1 is 1.19 bits per heavy atom. The van der Waals surface area contributed by atoms with Gasteiger partial charge in [-0.15, -0.1) is 0 Å². The first-order valence-electron chi connectivity index (χ1n) is 6.10. The first-order valence-corrected chi connectivity index (χ1v) is 6.51. The molecule has 0 aromatic heterocycles. The van der Waals surface area contributed by atoms with Gasteiger partial charge in [0.2, 0.25) is 0 Å². The molecule has 0 fully saturated rings. The molecule has 0 radical (unpaired) electrons. The molecule has 0 saturated heterocycles. The zero-order valence-corrected chi connectivity index (χ0v) is 12.1. The van der Waals surface area contributed by atoms with Crippen LogP contribution in [-0.2, 0) is 0 Å². The van der Waals surface area contributed by atoms with Crippen molar-refractivity contribution in [1.29, 1.82) is 0 Å². The molecule has 2 aromatic carbocycles. The summed E-state index contributed by atoms with van der Waals surface area (Å²) in [5.41, 5.74) is 6.80. The Hall–Kier alpha value is -2.60. The van der Waals surface area contributed by atoms with E-state index >= 15 is 0 Å². The maximum atomic E-state index is 12.4. The van der Waals surface area contributed by atoms with Crippen molar-refractivity contribution < 1.29 is 15.0 Å². The zero-order chi connectivity index (χ0) is 15.6. The number of benzene rings is 2. The standard InChI is InChI=1S/C15H14N2O3S/c1-17(10-5-2-4-9(8-10)14(16)21)15(20)11-6-3-7-12(18)13(11)19/h2-8,18-19H,1H3,(H2,16,21). The van der Waals surface area contributed by atoms with Crippen molar-refractivity contribution in [2.75, 3.05) is 11.9 Å². The Morgan fingerprint density at radius 2 is 1.86 bits per heavy atom. The average molecular weight is 302 g/mol. The van der Waals surface area contributed by atoms with Crippen LogP contribution in [0.15, 0.2) is 42.5 Å². The highest BCUT2D eigenvalue weighted by Crippen LogP contribution is 2.30. The molecule has 0 unspecified atom stereocenters. The van der Waals surface area contributed by atoms with Gasteiger partial charge in [-0.05, 0) is 24.3 Å². The van der Waals surface area contributed by atoms with Crippen molar-refractivity contribution in [1.82, 2.24) is 0 Å². The van der Waals surface area contributed by atoms with Gasteiger partial charge in [0.1, 0.15) is 4.99 Å². The zero-order valence-electron chi connectivity index (χ0n) is 11.3. The Labute approximate surface area is 127 Å². The first kappa shape index (κ1) is 14.8. The number of thiocarbonyl (C=S) groups is 1. The lowest BCUT2D eigenvalue weighted by Crippen LogP contribution is -2.26. The third-order valence-corrected chi connectivity index (χ3v) is 3.30. The van der Waals surface area contributed by atoms with Gasteiger partial charge in [0.25, 0.3) is 5.91 Å². The van der Waals surface area contributed by atoms with Crippen molar-refractivity contribution >= 4 is 28.8 Å². The van der Waals surface area contributed by atoms with E-state index in [1.165, 1.54) is 23.1 Å². The lowest BCUT2D eigenvalue weighted by Gasteiger charge is -2.19. The van der Waals surface area contributed by atoms with Crippen LogP contribution in [0.5, 0.6) is 11.5 Å². The van der Waals surface area contributed by atoms with Gasteiger partial charge in [0, 0.05) is 18.3 Å². The summed E-state index contributed by atoms with van der Waals surface area (Å²) in [6.45, 7) is 0. The second kappa shape index (κ2) is 5.80. The Bertz CT molecular complexity index is 716. The number of nitrogens with two attached hydrogens (primary N) is 1. The number of rotatable bonds is 3. The largest absolute Gasteiger partial charge is 0.504 e. The number of hydrogen-bond donors (Lipinski definition) is 3. The topological polar surface area (TPSA) is 86.8 Å². The number of nitrogens with zero attached hydrogens (tertiary/aromatic N) is 1. The average Bonchev–Trinajstić information content (AvgIpc) is 2.48. The fraction of sp³-hybridized carbons (Fsp3) is 0.0667. The Kier molecular flexibility index (Phi) is 4.09. The summed E-state index contributed by atoms with van der Waals surface area (Å²) in [7, 11) is 1.56. The van der Waals surface area contributed by atoms with Crippen LogP contribution in [0.2, 0.25) is 0 Å². The monoisotopic (exact) mass is 302 g/mol. The van der Waals surface area contributed by atoms with E-state index in [0.29, 0.717) is 11.3 Å².